The SMILES string of the molecule is Nc1ncccc1-c1nc2ccc(-c3ccccc3)nc2n1-c1ccc(CNC(=O)c2cc(O)cc(C(=O)O)c2)cc1. The minimum atomic E-state index is -1.24. The minimum Gasteiger partial charge on any atom is -0.508 e. The quantitative estimate of drug-likeness (QED) is 0.212. The van der Waals surface area contributed by atoms with Gasteiger partial charge in [-0.1, -0.05) is 42.5 Å². The van der Waals surface area contributed by atoms with Crippen molar-refractivity contribution in [2.75, 3.05) is 5.73 Å². The molecular weight excluding hydrogens is 532 g/mol. The van der Waals surface area contributed by atoms with Crippen molar-refractivity contribution in [1.29, 1.82) is 0 Å². The molecule has 0 bridgehead atoms. The summed E-state index contributed by atoms with van der Waals surface area (Å²) in [6.07, 6.45) is 1.62. The van der Waals surface area contributed by atoms with E-state index in [0.717, 1.165) is 28.6 Å². The molecule has 0 fully saturated rings. The summed E-state index contributed by atoms with van der Waals surface area (Å²) in [6, 6.07) is 28.4. The molecule has 3 aromatic carbocycles. The van der Waals surface area contributed by atoms with Crippen LogP contribution in [0.3, 0.4) is 0 Å². The summed E-state index contributed by atoms with van der Waals surface area (Å²) in [7, 11) is 0. The topological polar surface area (TPSA) is 156 Å². The molecule has 0 aliphatic rings. The third kappa shape index (κ3) is 5.11. The number of nitrogens with two attached hydrogens (primary N) is 1. The maximum atomic E-state index is 12.7. The molecule has 5 N–H and O–H groups in total. The number of imidazole rings is 1. The first kappa shape index (κ1) is 26.2. The number of rotatable bonds is 7. The largest absolute Gasteiger partial charge is 0.508 e. The number of pyridine rings is 2. The van der Waals surface area contributed by atoms with Gasteiger partial charge in [0.25, 0.3) is 5.91 Å². The van der Waals surface area contributed by atoms with Crippen LogP contribution in [0.1, 0.15) is 26.3 Å². The highest BCUT2D eigenvalue weighted by atomic mass is 16.4. The van der Waals surface area contributed by atoms with Gasteiger partial charge in [-0.15, -0.1) is 0 Å². The summed E-state index contributed by atoms with van der Waals surface area (Å²) in [5, 5.41) is 21.8. The van der Waals surface area contributed by atoms with Gasteiger partial charge in [0.1, 0.15) is 17.1 Å². The minimum absolute atomic E-state index is 0.0490. The van der Waals surface area contributed by atoms with Gasteiger partial charge >= 0.3 is 5.97 Å². The average molecular weight is 557 g/mol. The van der Waals surface area contributed by atoms with Crippen molar-refractivity contribution in [1.82, 2.24) is 24.8 Å². The molecule has 206 valence electrons. The number of aromatic carboxylic acids is 1. The Morgan fingerprint density at radius 2 is 1.62 bits per heavy atom. The highest BCUT2D eigenvalue weighted by Gasteiger charge is 2.19. The lowest BCUT2D eigenvalue weighted by Gasteiger charge is -2.12. The van der Waals surface area contributed by atoms with E-state index in [4.69, 9.17) is 15.7 Å². The van der Waals surface area contributed by atoms with Crippen molar-refractivity contribution in [3.8, 4) is 34.1 Å². The number of fused-ring (bicyclic) bond motifs is 1. The van der Waals surface area contributed by atoms with E-state index in [1.165, 1.54) is 12.1 Å². The zero-order valence-corrected chi connectivity index (χ0v) is 22.1. The van der Waals surface area contributed by atoms with Crippen LogP contribution in [0.4, 0.5) is 5.82 Å². The lowest BCUT2D eigenvalue weighted by molar-refractivity contribution is 0.0696. The predicted molar refractivity (Wildman–Crippen MR) is 158 cm³/mol. The van der Waals surface area contributed by atoms with Crippen LogP contribution in [0.2, 0.25) is 0 Å². The maximum absolute atomic E-state index is 12.7. The molecule has 6 rings (SSSR count). The normalized spacial score (nSPS) is 11.0. The number of aromatic nitrogens is 4. The van der Waals surface area contributed by atoms with Gasteiger partial charge < -0.3 is 21.3 Å². The summed E-state index contributed by atoms with van der Waals surface area (Å²) < 4.78 is 1.93. The maximum Gasteiger partial charge on any atom is 0.335 e. The van der Waals surface area contributed by atoms with Gasteiger partial charge in [0.05, 0.1) is 16.8 Å². The Balaban J connectivity index is 1.34. The van der Waals surface area contributed by atoms with Gasteiger partial charge in [0.2, 0.25) is 0 Å². The molecule has 3 aromatic heterocycles. The number of anilines is 1. The number of carboxylic acid groups (broad SMARTS) is 1. The summed E-state index contributed by atoms with van der Waals surface area (Å²) in [6.45, 7) is 0.181. The van der Waals surface area contributed by atoms with Crippen molar-refractivity contribution < 1.29 is 19.8 Å². The average Bonchev–Trinajstić information content (AvgIpc) is 3.39. The molecule has 0 saturated heterocycles. The van der Waals surface area contributed by atoms with Gasteiger partial charge in [0, 0.05) is 29.6 Å². The molecule has 10 heteroatoms. The fourth-order valence-corrected chi connectivity index (χ4v) is 4.67. The molecule has 0 saturated carbocycles. The number of nitrogen functional groups attached to an aromatic ring is 1. The van der Waals surface area contributed by atoms with Crippen molar-refractivity contribution in [2.45, 2.75) is 6.54 Å². The third-order valence-electron chi connectivity index (χ3n) is 6.73. The van der Waals surface area contributed by atoms with Crippen molar-refractivity contribution in [3.63, 3.8) is 0 Å². The molecule has 0 aliphatic carbocycles. The number of carboxylic acids is 1. The van der Waals surface area contributed by atoms with Crippen molar-refractivity contribution in [3.05, 3.63) is 120 Å². The van der Waals surface area contributed by atoms with Crippen LogP contribution in [0, 0.1) is 0 Å². The van der Waals surface area contributed by atoms with E-state index in [9.17, 15) is 19.8 Å². The molecule has 0 unspecified atom stereocenters. The molecule has 0 radical (unpaired) electrons. The molecule has 1 amide bonds. The number of hydrogen-bond donors (Lipinski definition) is 4. The van der Waals surface area contributed by atoms with Gasteiger partial charge in [0.15, 0.2) is 11.5 Å². The van der Waals surface area contributed by atoms with Gasteiger partial charge in [-0.05, 0) is 60.2 Å². The first-order chi connectivity index (χ1) is 20.4. The highest BCUT2D eigenvalue weighted by Crippen LogP contribution is 2.31. The monoisotopic (exact) mass is 556 g/mol. The van der Waals surface area contributed by atoms with E-state index in [1.54, 1.807) is 12.3 Å². The number of hydrogen-bond acceptors (Lipinski definition) is 7. The Bertz CT molecular complexity index is 1950. The van der Waals surface area contributed by atoms with E-state index < -0.39 is 11.9 Å². The summed E-state index contributed by atoms with van der Waals surface area (Å²) >= 11 is 0. The molecule has 0 spiro atoms. The molecule has 10 nitrogen and oxygen atoms in total. The molecule has 0 aliphatic heterocycles. The molecule has 0 atom stereocenters. The Labute approximate surface area is 239 Å². The van der Waals surface area contributed by atoms with E-state index >= 15 is 0 Å². The fraction of sp³-hybridized carbons (Fsp3) is 0.0312. The van der Waals surface area contributed by atoms with Crippen LogP contribution in [0.15, 0.2) is 103 Å². The number of nitrogens with one attached hydrogen (secondary N) is 1. The second-order valence-electron chi connectivity index (χ2n) is 9.54. The Hall–Kier alpha value is -6.03. The van der Waals surface area contributed by atoms with E-state index in [2.05, 4.69) is 10.3 Å². The van der Waals surface area contributed by atoms with Gasteiger partial charge in [-0.25, -0.2) is 19.7 Å². The summed E-state index contributed by atoms with van der Waals surface area (Å²) in [4.78, 5) is 38.0. The predicted octanol–water partition coefficient (Wildman–Crippen LogP) is 5.07. The first-order valence-electron chi connectivity index (χ1n) is 13.0. The van der Waals surface area contributed by atoms with E-state index in [1.807, 2.05) is 77.4 Å². The zero-order chi connectivity index (χ0) is 29.2. The number of nitrogens with zero attached hydrogens (tertiary/aromatic N) is 4. The van der Waals surface area contributed by atoms with Crippen LogP contribution in [0.5, 0.6) is 5.75 Å². The standard InChI is InChI=1S/C32H24N6O4/c33-28-25(7-4-14-34-28)29-37-27-13-12-26(20-5-2-1-3-6-20)36-30(27)38(29)23-10-8-19(9-11-23)18-35-31(40)21-15-22(32(41)42)17-24(39)16-21/h1-17,39H,18H2,(H2,33,34)(H,35,40)(H,41,42). The Morgan fingerprint density at radius 3 is 2.36 bits per heavy atom. The number of carbonyl (C=O) groups excluding carboxylic acids is 1. The zero-order valence-electron chi connectivity index (χ0n) is 22.1. The number of benzene rings is 3. The summed E-state index contributed by atoms with van der Waals surface area (Å²) in [5.74, 6) is -1.11. The van der Waals surface area contributed by atoms with Crippen molar-refractivity contribution >= 4 is 28.9 Å². The van der Waals surface area contributed by atoms with Crippen LogP contribution >= 0.6 is 0 Å². The molecule has 6 aromatic rings. The number of phenolic OH excluding ortho intramolecular Hbond substituents is 1. The number of amides is 1. The lowest BCUT2D eigenvalue weighted by atomic mass is 10.1. The fourth-order valence-electron chi connectivity index (χ4n) is 4.67. The first-order valence-corrected chi connectivity index (χ1v) is 13.0. The molecule has 3 heterocycles. The van der Waals surface area contributed by atoms with Crippen LogP contribution < -0.4 is 11.1 Å². The smallest absolute Gasteiger partial charge is 0.335 e. The number of phenols is 1. The number of aromatic hydroxyl groups is 1. The van der Waals surface area contributed by atoms with Gasteiger partial charge in [-0.3, -0.25) is 9.36 Å². The van der Waals surface area contributed by atoms with E-state index in [-0.39, 0.29) is 23.4 Å². The van der Waals surface area contributed by atoms with Crippen LogP contribution in [-0.2, 0) is 6.54 Å². The second-order valence-corrected chi connectivity index (χ2v) is 9.54. The molecular formula is C32H24N6O4. The van der Waals surface area contributed by atoms with Crippen LogP contribution in [-0.4, -0.2) is 41.6 Å². The number of carbonyl (C=O) groups is 2. The van der Waals surface area contributed by atoms with E-state index in [0.29, 0.717) is 28.4 Å². The molecule has 42 heavy (non-hydrogen) atoms. The second kappa shape index (κ2) is 10.9. The van der Waals surface area contributed by atoms with Crippen molar-refractivity contribution in [2.24, 2.45) is 0 Å². The Morgan fingerprint density at radius 1 is 0.857 bits per heavy atom. The highest BCUT2D eigenvalue weighted by molar-refractivity contribution is 5.98. The summed E-state index contributed by atoms with van der Waals surface area (Å²) in [5.41, 5.74) is 11.5. The Kier molecular flexibility index (Phi) is 6.77. The van der Waals surface area contributed by atoms with Crippen LogP contribution in [0.25, 0.3) is 39.5 Å². The van der Waals surface area contributed by atoms with Gasteiger partial charge in [-0.2, -0.15) is 0 Å². The lowest BCUT2D eigenvalue weighted by Crippen LogP contribution is -2.23. The third-order valence-corrected chi connectivity index (χ3v) is 6.73.